The Morgan fingerprint density at radius 2 is 2.30 bits per heavy atom. The van der Waals surface area contributed by atoms with Crippen LogP contribution in [0.2, 0.25) is 0 Å². The number of nitrogens with zero attached hydrogens (tertiary/aromatic N) is 3. The molecule has 8 nitrogen and oxygen atoms in total. The standard InChI is InChI=1S/C11H11N5O3S/c1-6(10-13-15-16-14-10)12-11(19)8-4-2-7(20-8)3-5-9(17)18/h2-6H,1H3,(H,12,19)(H,17,18)(H,13,14,15,16). The summed E-state index contributed by atoms with van der Waals surface area (Å²) in [6.07, 6.45) is 2.46. The van der Waals surface area contributed by atoms with Gasteiger partial charge >= 0.3 is 5.97 Å². The Hall–Kier alpha value is -2.55. The number of H-pyrrole nitrogens is 1. The first-order valence-electron chi connectivity index (χ1n) is 5.61. The number of rotatable bonds is 5. The van der Waals surface area contributed by atoms with Gasteiger partial charge in [-0.2, -0.15) is 5.21 Å². The molecule has 0 aliphatic rings. The summed E-state index contributed by atoms with van der Waals surface area (Å²) < 4.78 is 0. The van der Waals surface area contributed by atoms with Crippen molar-refractivity contribution < 1.29 is 14.7 Å². The van der Waals surface area contributed by atoms with Crippen molar-refractivity contribution in [2.75, 3.05) is 0 Å². The van der Waals surface area contributed by atoms with Gasteiger partial charge in [0.2, 0.25) is 0 Å². The lowest BCUT2D eigenvalue weighted by Crippen LogP contribution is -2.26. The SMILES string of the molecule is CC(NC(=O)c1ccc(C=CC(=O)O)s1)c1nn[nH]n1. The molecule has 1 atom stereocenters. The zero-order valence-corrected chi connectivity index (χ0v) is 11.2. The van der Waals surface area contributed by atoms with Gasteiger partial charge in [-0.15, -0.1) is 21.5 Å². The van der Waals surface area contributed by atoms with Crippen molar-refractivity contribution in [3.05, 3.63) is 33.8 Å². The van der Waals surface area contributed by atoms with Gasteiger partial charge < -0.3 is 10.4 Å². The Kier molecular flexibility index (Phi) is 4.20. The van der Waals surface area contributed by atoms with Crippen molar-refractivity contribution in [2.45, 2.75) is 13.0 Å². The smallest absolute Gasteiger partial charge is 0.328 e. The Bertz CT molecular complexity index is 634. The van der Waals surface area contributed by atoms with Gasteiger partial charge in [0.1, 0.15) is 0 Å². The Morgan fingerprint density at radius 1 is 1.50 bits per heavy atom. The van der Waals surface area contributed by atoms with E-state index in [0.717, 1.165) is 6.08 Å². The number of hydrogen-bond acceptors (Lipinski definition) is 6. The molecule has 0 bridgehead atoms. The maximum atomic E-state index is 12.0. The summed E-state index contributed by atoms with van der Waals surface area (Å²) in [4.78, 5) is 23.5. The minimum atomic E-state index is -1.03. The number of aromatic nitrogens is 4. The highest BCUT2D eigenvalue weighted by Crippen LogP contribution is 2.18. The zero-order valence-electron chi connectivity index (χ0n) is 10.4. The van der Waals surface area contributed by atoms with Gasteiger partial charge in [0, 0.05) is 11.0 Å². The monoisotopic (exact) mass is 293 g/mol. The van der Waals surface area contributed by atoms with E-state index in [-0.39, 0.29) is 11.9 Å². The van der Waals surface area contributed by atoms with Crippen molar-refractivity contribution >= 4 is 29.3 Å². The van der Waals surface area contributed by atoms with Crippen LogP contribution in [0.3, 0.4) is 0 Å². The van der Waals surface area contributed by atoms with Crippen LogP contribution in [0, 0.1) is 0 Å². The number of hydrogen-bond donors (Lipinski definition) is 3. The average molecular weight is 293 g/mol. The maximum absolute atomic E-state index is 12.0. The van der Waals surface area contributed by atoms with Crippen molar-refractivity contribution in [1.29, 1.82) is 0 Å². The van der Waals surface area contributed by atoms with Crippen LogP contribution < -0.4 is 5.32 Å². The minimum Gasteiger partial charge on any atom is -0.478 e. The van der Waals surface area contributed by atoms with E-state index in [4.69, 9.17) is 5.11 Å². The largest absolute Gasteiger partial charge is 0.478 e. The molecule has 3 N–H and O–H groups in total. The number of carbonyl (C=O) groups is 2. The summed E-state index contributed by atoms with van der Waals surface area (Å²) in [5, 5.41) is 24.5. The fraction of sp³-hybridized carbons (Fsp3) is 0.182. The van der Waals surface area contributed by atoms with E-state index in [2.05, 4.69) is 25.9 Å². The third-order valence-electron chi connectivity index (χ3n) is 2.34. The maximum Gasteiger partial charge on any atom is 0.328 e. The molecule has 9 heteroatoms. The third kappa shape index (κ3) is 3.48. The molecule has 0 radical (unpaired) electrons. The van der Waals surface area contributed by atoms with Crippen molar-refractivity contribution in [3.8, 4) is 0 Å². The Balaban J connectivity index is 2.01. The molecule has 1 unspecified atom stereocenters. The molecule has 0 spiro atoms. The second-order valence-electron chi connectivity index (χ2n) is 3.84. The second-order valence-corrected chi connectivity index (χ2v) is 4.95. The van der Waals surface area contributed by atoms with Crippen LogP contribution in [0.5, 0.6) is 0 Å². The van der Waals surface area contributed by atoms with E-state index in [1.807, 2.05) is 0 Å². The molecule has 104 valence electrons. The number of nitrogens with one attached hydrogen (secondary N) is 2. The van der Waals surface area contributed by atoms with Gasteiger partial charge in [-0.3, -0.25) is 4.79 Å². The van der Waals surface area contributed by atoms with Crippen LogP contribution in [-0.2, 0) is 4.79 Å². The molecule has 0 aromatic carbocycles. The molecule has 2 aromatic heterocycles. The van der Waals surface area contributed by atoms with Crippen LogP contribution in [0.15, 0.2) is 18.2 Å². The first-order chi connectivity index (χ1) is 9.56. The van der Waals surface area contributed by atoms with E-state index in [0.29, 0.717) is 15.6 Å². The fourth-order valence-corrected chi connectivity index (χ4v) is 2.22. The van der Waals surface area contributed by atoms with Crippen molar-refractivity contribution in [2.24, 2.45) is 0 Å². The molecule has 2 aromatic rings. The van der Waals surface area contributed by atoms with E-state index in [1.165, 1.54) is 17.4 Å². The predicted octanol–water partition coefficient (Wildman–Crippen LogP) is 0.850. The lowest BCUT2D eigenvalue weighted by molar-refractivity contribution is -0.131. The van der Waals surface area contributed by atoms with Gasteiger partial charge in [-0.25, -0.2) is 4.79 Å². The number of carboxylic acid groups (broad SMARTS) is 1. The molecule has 1 amide bonds. The number of aromatic amines is 1. The van der Waals surface area contributed by atoms with Crippen LogP contribution >= 0.6 is 11.3 Å². The van der Waals surface area contributed by atoms with Crippen LogP contribution in [0.25, 0.3) is 6.08 Å². The second kappa shape index (κ2) is 6.06. The molecular weight excluding hydrogens is 282 g/mol. The van der Waals surface area contributed by atoms with E-state index >= 15 is 0 Å². The first kappa shape index (κ1) is 13.9. The Morgan fingerprint density at radius 3 is 2.95 bits per heavy atom. The normalized spacial score (nSPS) is 12.4. The van der Waals surface area contributed by atoms with Gasteiger partial charge in [0.25, 0.3) is 5.91 Å². The van der Waals surface area contributed by atoms with Gasteiger partial charge in [-0.1, -0.05) is 5.21 Å². The minimum absolute atomic E-state index is 0.276. The van der Waals surface area contributed by atoms with Crippen LogP contribution in [0.1, 0.15) is 33.3 Å². The molecule has 2 heterocycles. The van der Waals surface area contributed by atoms with Crippen LogP contribution in [-0.4, -0.2) is 37.6 Å². The summed E-state index contributed by atoms with van der Waals surface area (Å²) in [6.45, 7) is 1.74. The van der Waals surface area contributed by atoms with E-state index in [9.17, 15) is 9.59 Å². The average Bonchev–Trinajstić information content (AvgIpc) is 3.07. The van der Waals surface area contributed by atoms with E-state index in [1.54, 1.807) is 19.1 Å². The topological polar surface area (TPSA) is 121 Å². The molecular formula is C11H11N5O3S. The highest BCUT2D eigenvalue weighted by Gasteiger charge is 2.15. The number of carboxylic acids is 1. The van der Waals surface area contributed by atoms with Gasteiger partial charge in [0.15, 0.2) is 5.82 Å². The van der Waals surface area contributed by atoms with Gasteiger partial charge in [0.05, 0.1) is 10.9 Å². The molecule has 0 aliphatic heterocycles. The van der Waals surface area contributed by atoms with Gasteiger partial charge in [-0.05, 0) is 25.1 Å². The molecule has 0 saturated heterocycles. The van der Waals surface area contributed by atoms with Crippen LogP contribution in [0.4, 0.5) is 0 Å². The Labute approximate surface area is 117 Å². The zero-order chi connectivity index (χ0) is 14.5. The quantitative estimate of drug-likeness (QED) is 0.703. The number of amides is 1. The summed E-state index contributed by atoms with van der Waals surface area (Å²) in [5.41, 5.74) is 0. The molecule has 20 heavy (non-hydrogen) atoms. The molecule has 2 rings (SSSR count). The summed E-state index contributed by atoms with van der Waals surface area (Å²) in [7, 11) is 0. The summed E-state index contributed by atoms with van der Waals surface area (Å²) >= 11 is 1.20. The number of tetrazole rings is 1. The first-order valence-corrected chi connectivity index (χ1v) is 6.43. The highest BCUT2D eigenvalue weighted by atomic mass is 32.1. The number of aliphatic carboxylic acids is 1. The molecule has 0 fully saturated rings. The molecule has 0 saturated carbocycles. The lowest BCUT2D eigenvalue weighted by atomic mass is 10.3. The lowest BCUT2D eigenvalue weighted by Gasteiger charge is -2.08. The fourth-order valence-electron chi connectivity index (χ4n) is 1.40. The highest BCUT2D eigenvalue weighted by molar-refractivity contribution is 7.14. The van der Waals surface area contributed by atoms with E-state index < -0.39 is 5.97 Å². The van der Waals surface area contributed by atoms with Crippen molar-refractivity contribution in [3.63, 3.8) is 0 Å². The number of thiophene rings is 1. The summed E-state index contributed by atoms with van der Waals surface area (Å²) in [5.74, 6) is -0.918. The predicted molar refractivity (Wildman–Crippen MR) is 71.0 cm³/mol. The summed E-state index contributed by atoms with van der Waals surface area (Å²) in [6, 6.07) is 2.93. The van der Waals surface area contributed by atoms with Crippen molar-refractivity contribution in [1.82, 2.24) is 25.9 Å². The third-order valence-corrected chi connectivity index (χ3v) is 3.39. The number of carbonyl (C=O) groups excluding carboxylic acids is 1. The molecule has 0 aliphatic carbocycles.